The van der Waals surface area contributed by atoms with Crippen molar-refractivity contribution in [2.24, 2.45) is 10.9 Å². The number of fused-ring (bicyclic) bond motifs is 2. The van der Waals surface area contributed by atoms with Crippen LogP contribution in [0.2, 0.25) is 0 Å². The SMILES string of the molecule is CC(C)Oc1ccccc1-c1noc(-c2ccc3c(ccn3C(C)C)c2)n1.CC(C)Oc1ccccc1C(N)=NO.CC(C)n1ccc2cc(OC=O)ccc21. The number of rotatable bonds is 11. The fraction of sp³-hybridized carbons (Fsp3) is 0.273. The Morgan fingerprint density at radius 2 is 1.32 bits per heavy atom. The van der Waals surface area contributed by atoms with Crippen molar-refractivity contribution in [2.45, 2.75) is 79.7 Å². The van der Waals surface area contributed by atoms with E-state index in [4.69, 9.17) is 29.7 Å². The lowest BCUT2D eigenvalue weighted by atomic mass is 10.1. The maximum absolute atomic E-state index is 10.2. The number of para-hydroxylation sites is 2. The van der Waals surface area contributed by atoms with Gasteiger partial charge in [0.15, 0.2) is 5.84 Å². The third-order valence-corrected chi connectivity index (χ3v) is 8.51. The quantitative estimate of drug-likeness (QED) is 0.0432. The molecule has 12 nitrogen and oxygen atoms in total. The summed E-state index contributed by atoms with van der Waals surface area (Å²) >= 11 is 0. The highest BCUT2D eigenvalue weighted by Gasteiger charge is 2.16. The fourth-order valence-corrected chi connectivity index (χ4v) is 6.02. The van der Waals surface area contributed by atoms with E-state index >= 15 is 0 Å². The van der Waals surface area contributed by atoms with Crippen LogP contribution in [0.5, 0.6) is 17.2 Å². The molecular formula is C44H50N6O6. The Bertz CT molecular complexity index is 2390. The van der Waals surface area contributed by atoms with Crippen LogP contribution in [0.25, 0.3) is 44.6 Å². The number of nitrogens with zero attached hydrogens (tertiary/aromatic N) is 5. The number of aromatic nitrogens is 4. The lowest BCUT2D eigenvalue weighted by Crippen LogP contribution is -2.16. The van der Waals surface area contributed by atoms with Crippen molar-refractivity contribution in [3.05, 3.63) is 115 Å². The predicted octanol–water partition coefficient (Wildman–Crippen LogP) is 10.1. The molecule has 292 valence electrons. The number of nitrogens with two attached hydrogens (primary N) is 1. The molecule has 12 heteroatoms. The third-order valence-electron chi connectivity index (χ3n) is 8.51. The summed E-state index contributed by atoms with van der Waals surface area (Å²) in [6.07, 6.45) is 4.28. The molecule has 0 amide bonds. The lowest BCUT2D eigenvalue weighted by Gasteiger charge is -2.12. The van der Waals surface area contributed by atoms with Gasteiger partial charge in [-0.3, -0.25) is 4.79 Å². The first-order valence-corrected chi connectivity index (χ1v) is 18.5. The summed E-state index contributed by atoms with van der Waals surface area (Å²) in [5, 5.41) is 17.9. The molecule has 3 heterocycles. The van der Waals surface area contributed by atoms with Gasteiger partial charge in [-0.2, -0.15) is 4.98 Å². The van der Waals surface area contributed by atoms with E-state index in [0.29, 0.717) is 47.3 Å². The number of carbonyl (C=O) groups is 1. The van der Waals surface area contributed by atoms with Gasteiger partial charge in [0.2, 0.25) is 5.82 Å². The fourth-order valence-electron chi connectivity index (χ4n) is 6.02. The lowest BCUT2D eigenvalue weighted by molar-refractivity contribution is -0.120. The van der Waals surface area contributed by atoms with Crippen molar-refractivity contribution in [1.29, 1.82) is 0 Å². The molecule has 0 fully saturated rings. The van der Waals surface area contributed by atoms with E-state index < -0.39 is 0 Å². The minimum Gasteiger partial charge on any atom is -0.490 e. The Hall–Kier alpha value is -6.56. The van der Waals surface area contributed by atoms with Crippen LogP contribution in [-0.2, 0) is 4.79 Å². The van der Waals surface area contributed by atoms with Gasteiger partial charge >= 0.3 is 0 Å². The molecule has 0 bridgehead atoms. The number of amidine groups is 1. The highest BCUT2D eigenvalue weighted by atomic mass is 16.5. The maximum Gasteiger partial charge on any atom is 0.298 e. The van der Waals surface area contributed by atoms with Crippen molar-refractivity contribution in [3.8, 4) is 40.1 Å². The van der Waals surface area contributed by atoms with Gasteiger partial charge in [-0.05, 0) is 128 Å². The molecule has 0 aliphatic rings. The van der Waals surface area contributed by atoms with E-state index in [0.717, 1.165) is 33.2 Å². The first-order valence-electron chi connectivity index (χ1n) is 18.5. The first-order chi connectivity index (χ1) is 26.9. The van der Waals surface area contributed by atoms with Crippen LogP contribution in [0.15, 0.2) is 119 Å². The zero-order valence-electron chi connectivity index (χ0n) is 33.1. The molecule has 0 saturated carbocycles. The summed E-state index contributed by atoms with van der Waals surface area (Å²) in [6.45, 7) is 16.9. The molecule has 4 aromatic carbocycles. The topological polar surface area (TPSA) is 152 Å². The summed E-state index contributed by atoms with van der Waals surface area (Å²) < 4.78 is 26.1. The maximum atomic E-state index is 10.2. The van der Waals surface area contributed by atoms with Crippen LogP contribution < -0.4 is 19.9 Å². The van der Waals surface area contributed by atoms with E-state index in [1.54, 1.807) is 24.3 Å². The van der Waals surface area contributed by atoms with Crippen molar-refractivity contribution < 1.29 is 28.7 Å². The number of benzene rings is 4. The zero-order chi connectivity index (χ0) is 40.4. The highest BCUT2D eigenvalue weighted by molar-refractivity contribution is 5.99. The smallest absolute Gasteiger partial charge is 0.298 e. The molecule has 0 aliphatic heterocycles. The predicted molar refractivity (Wildman–Crippen MR) is 221 cm³/mol. The summed E-state index contributed by atoms with van der Waals surface area (Å²) in [5.74, 6) is 3.05. The van der Waals surface area contributed by atoms with E-state index in [1.165, 1.54) is 5.52 Å². The van der Waals surface area contributed by atoms with Gasteiger partial charge in [-0.15, -0.1) is 0 Å². The van der Waals surface area contributed by atoms with Crippen molar-refractivity contribution in [3.63, 3.8) is 0 Å². The van der Waals surface area contributed by atoms with Gasteiger partial charge in [0.05, 0.1) is 23.3 Å². The Kier molecular flexibility index (Phi) is 13.5. The number of oxime groups is 1. The molecule has 0 radical (unpaired) electrons. The first kappa shape index (κ1) is 40.6. The van der Waals surface area contributed by atoms with Gasteiger partial charge < -0.3 is 38.8 Å². The Morgan fingerprint density at radius 3 is 1.93 bits per heavy atom. The summed E-state index contributed by atoms with van der Waals surface area (Å²) in [5.41, 5.74) is 10.2. The molecule has 0 saturated heterocycles. The molecule has 0 aliphatic carbocycles. The summed E-state index contributed by atoms with van der Waals surface area (Å²) in [7, 11) is 0. The monoisotopic (exact) mass is 758 g/mol. The number of hydrogen-bond donors (Lipinski definition) is 2. The van der Waals surface area contributed by atoms with E-state index in [9.17, 15) is 4.79 Å². The second kappa shape index (κ2) is 18.7. The molecule has 0 unspecified atom stereocenters. The molecular weight excluding hydrogens is 709 g/mol. The average Bonchev–Trinajstić information content (AvgIpc) is 3.94. The summed E-state index contributed by atoms with van der Waals surface area (Å²) in [4.78, 5) is 14.8. The molecule has 0 atom stereocenters. The van der Waals surface area contributed by atoms with Crippen molar-refractivity contribution >= 4 is 34.1 Å². The van der Waals surface area contributed by atoms with Crippen LogP contribution in [-0.4, -0.2) is 49.0 Å². The highest BCUT2D eigenvalue weighted by Crippen LogP contribution is 2.32. The van der Waals surface area contributed by atoms with E-state index in [2.05, 4.69) is 76.5 Å². The summed E-state index contributed by atoms with van der Waals surface area (Å²) in [6, 6.07) is 31.7. The van der Waals surface area contributed by atoms with Crippen molar-refractivity contribution in [1.82, 2.24) is 19.3 Å². The standard InChI is InChI=1S/C22H23N3O2.C12H13NO2.C10H14N2O2/c1-14(2)25-12-11-16-13-17(9-10-19(16)25)22-23-21(24-27-22)18-7-5-6-8-20(18)26-15(3)4;1-9(2)13-6-5-10-7-11(15-8-14)3-4-12(10)13;1-7(2)14-9-6-4-3-5-8(9)10(11)12-13/h5-15H,1-4H3;3-9H,1-2H3;3-7,13H,1-2H3,(H2,11,12). The Morgan fingerprint density at radius 1 is 0.750 bits per heavy atom. The second-order valence-electron chi connectivity index (χ2n) is 14.1. The molecule has 56 heavy (non-hydrogen) atoms. The number of hydrogen-bond acceptors (Lipinski definition) is 9. The molecule has 7 aromatic rings. The number of carbonyl (C=O) groups excluding carboxylic acids is 1. The van der Waals surface area contributed by atoms with Gasteiger partial charge in [0, 0.05) is 51.8 Å². The molecule has 3 N–H and O–H groups in total. The van der Waals surface area contributed by atoms with Gasteiger partial charge in [0.1, 0.15) is 17.2 Å². The Balaban J connectivity index is 0.000000176. The minimum absolute atomic E-state index is 0.0567. The van der Waals surface area contributed by atoms with Crippen molar-refractivity contribution in [2.75, 3.05) is 0 Å². The average molecular weight is 759 g/mol. The number of ether oxygens (including phenoxy) is 3. The normalized spacial score (nSPS) is 11.5. The largest absolute Gasteiger partial charge is 0.490 e. The third kappa shape index (κ3) is 9.94. The van der Waals surface area contributed by atoms with Crippen LogP contribution in [0.4, 0.5) is 0 Å². The molecule has 3 aromatic heterocycles. The van der Waals surface area contributed by atoms with Gasteiger partial charge in [-0.25, -0.2) is 0 Å². The van der Waals surface area contributed by atoms with Gasteiger partial charge in [-0.1, -0.05) is 34.6 Å². The van der Waals surface area contributed by atoms with Crippen LogP contribution >= 0.6 is 0 Å². The minimum atomic E-state index is 0.0567. The van der Waals surface area contributed by atoms with Gasteiger partial charge in [0.25, 0.3) is 12.4 Å². The van der Waals surface area contributed by atoms with E-state index in [-0.39, 0.29) is 18.0 Å². The molecule has 7 rings (SSSR count). The van der Waals surface area contributed by atoms with Crippen LogP contribution in [0.3, 0.4) is 0 Å². The van der Waals surface area contributed by atoms with E-state index in [1.807, 2.05) is 88.5 Å². The van der Waals surface area contributed by atoms with Crippen LogP contribution in [0.1, 0.15) is 73.0 Å². The molecule has 0 spiro atoms. The Labute approximate surface area is 327 Å². The zero-order valence-corrected chi connectivity index (χ0v) is 33.1. The van der Waals surface area contributed by atoms with Crippen LogP contribution in [0, 0.1) is 0 Å². The second-order valence-corrected chi connectivity index (χ2v) is 14.1.